The number of alkyl halides is 1. The summed E-state index contributed by atoms with van der Waals surface area (Å²) < 4.78 is 18.3. The third kappa shape index (κ3) is 1.59. The van der Waals surface area contributed by atoms with E-state index in [1.807, 2.05) is 19.1 Å². The first-order valence-electron chi connectivity index (χ1n) is 5.63. The Balaban J connectivity index is 2.49. The molecule has 1 aliphatic carbocycles. The fourth-order valence-electron chi connectivity index (χ4n) is 2.47. The number of ether oxygens (including phenoxy) is 1. The molecule has 2 rings (SSSR count). The molecule has 0 saturated heterocycles. The van der Waals surface area contributed by atoms with Gasteiger partial charge in [-0.2, -0.15) is 0 Å². The number of benzene rings is 1. The third-order valence-electron chi connectivity index (χ3n) is 3.68. The van der Waals surface area contributed by atoms with Crippen molar-refractivity contribution in [3.8, 4) is 5.75 Å². The van der Waals surface area contributed by atoms with Crippen LogP contribution in [0, 0.1) is 0 Å². The summed E-state index contributed by atoms with van der Waals surface area (Å²) in [5, 5.41) is 0. The Labute approximate surface area is 95.6 Å². The molecular weight excluding hydrogens is 205 g/mol. The van der Waals surface area contributed by atoms with Crippen molar-refractivity contribution in [2.45, 2.75) is 37.9 Å². The van der Waals surface area contributed by atoms with Gasteiger partial charge in [0, 0.05) is 17.0 Å². The number of nitrogens with two attached hydrogens (primary N) is 1. The number of methoxy groups -OCH3 is 1. The summed E-state index contributed by atoms with van der Waals surface area (Å²) in [5.74, 6) is 0.631. The molecule has 1 atom stereocenters. The van der Waals surface area contributed by atoms with Gasteiger partial charge in [-0.1, -0.05) is 12.1 Å². The highest BCUT2D eigenvalue weighted by Gasteiger charge is 2.48. The zero-order valence-corrected chi connectivity index (χ0v) is 9.79. The van der Waals surface area contributed by atoms with Crippen molar-refractivity contribution in [2.24, 2.45) is 5.73 Å². The predicted octanol–water partition coefficient (Wildman–Crippen LogP) is 2.54. The third-order valence-corrected chi connectivity index (χ3v) is 3.68. The maximum Gasteiger partial charge on any atom is 0.124 e. The minimum atomic E-state index is -0.492. The van der Waals surface area contributed by atoms with Crippen molar-refractivity contribution >= 4 is 0 Å². The summed E-state index contributed by atoms with van der Waals surface area (Å²) >= 11 is 0. The molecule has 16 heavy (non-hydrogen) atoms. The molecule has 1 aliphatic rings. The van der Waals surface area contributed by atoms with Crippen molar-refractivity contribution in [2.75, 3.05) is 7.11 Å². The monoisotopic (exact) mass is 223 g/mol. The Hall–Kier alpha value is -1.09. The number of hydrogen-bond donors (Lipinski definition) is 1. The quantitative estimate of drug-likeness (QED) is 0.851. The SMILES string of the molecule is COc1cccc(C2(C(C)N)CC2)c1CF. The van der Waals surface area contributed by atoms with Crippen LogP contribution in [0.1, 0.15) is 30.9 Å². The summed E-state index contributed by atoms with van der Waals surface area (Å²) in [7, 11) is 1.57. The van der Waals surface area contributed by atoms with Crippen LogP contribution in [-0.2, 0) is 12.1 Å². The maximum absolute atomic E-state index is 13.1. The van der Waals surface area contributed by atoms with Gasteiger partial charge in [-0.25, -0.2) is 4.39 Å². The lowest BCUT2D eigenvalue weighted by Crippen LogP contribution is -2.32. The van der Waals surface area contributed by atoms with E-state index in [0.717, 1.165) is 18.4 Å². The van der Waals surface area contributed by atoms with Gasteiger partial charge in [-0.05, 0) is 31.4 Å². The Morgan fingerprint density at radius 3 is 2.62 bits per heavy atom. The highest BCUT2D eigenvalue weighted by molar-refractivity contribution is 5.47. The van der Waals surface area contributed by atoms with E-state index >= 15 is 0 Å². The first-order chi connectivity index (χ1) is 7.65. The molecular formula is C13H18FNO. The van der Waals surface area contributed by atoms with E-state index in [0.29, 0.717) is 11.3 Å². The first-order valence-corrected chi connectivity index (χ1v) is 5.63. The van der Waals surface area contributed by atoms with Crippen LogP contribution in [0.5, 0.6) is 5.75 Å². The lowest BCUT2D eigenvalue weighted by atomic mass is 9.86. The number of rotatable bonds is 4. The second-order valence-electron chi connectivity index (χ2n) is 4.56. The van der Waals surface area contributed by atoms with E-state index in [4.69, 9.17) is 10.5 Å². The van der Waals surface area contributed by atoms with Gasteiger partial charge in [-0.3, -0.25) is 0 Å². The molecule has 1 unspecified atom stereocenters. The average Bonchev–Trinajstić information content (AvgIpc) is 3.09. The molecule has 2 N–H and O–H groups in total. The lowest BCUT2D eigenvalue weighted by molar-refractivity contribution is 0.389. The molecule has 1 fully saturated rings. The van der Waals surface area contributed by atoms with Gasteiger partial charge in [0.05, 0.1) is 7.11 Å². The molecule has 2 nitrogen and oxygen atoms in total. The van der Waals surface area contributed by atoms with E-state index in [-0.39, 0.29) is 11.5 Å². The second kappa shape index (κ2) is 4.06. The van der Waals surface area contributed by atoms with E-state index in [9.17, 15) is 4.39 Å². The van der Waals surface area contributed by atoms with Gasteiger partial charge in [0.1, 0.15) is 12.4 Å². The van der Waals surface area contributed by atoms with Crippen LogP contribution in [-0.4, -0.2) is 13.2 Å². The van der Waals surface area contributed by atoms with Crippen LogP contribution in [0.3, 0.4) is 0 Å². The summed E-state index contributed by atoms with van der Waals surface area (Å²) in [5.41, 5.74) is 7.70. The van der Waals surface area contributed by atoms with E-state index in [1.165, 1.54) is 0 Å². The summed E-state index contributed by atoms with van der Waals surface area (Å²) in [6.45, 7) is 1.50. The van der Waals surface area contributed by atoms with Gasteiger partial charge in [0.25, 0.3) is 0 Å². The Morgan fingerprint density at radius 1 is 1.50 bits per heavy atom. The van der Waals surface area contributed by atoms with Gasteiger partial charge in [0.15, 0.2) is 0 Å². The Morgan fingerprint density at radius 2 is 2.19 bits per heavy atom. The Bertz CT molecular complexity index is 386. The molecule has 0 radical (unpaired) electrons. The van der Waals surface area contributed by atoms with Crippen LogP contribution in [0.4, 0.5) is 4.39 Å². The number of hydrogen-bond acceptors (Lipinski definition) is 2. The first kappa shape index (κ1) is 11.4. The van der Waals surface area contributed by atoms with Crippen molar-refractivity contribution in [3.05, 3.63) is 29.3 Å². The van der Waals surface area contributed by atoms with E-state index < -0.39 is 6.67 Å². The molecule has 1 aromatic rings. The fourth-order valence-corrected chi connectivity index (χ4v) is 2.47. The van der Waals surface area contributed by atoms with Gasteiger partial charge >= 0.3 is 0 Å². The van der Waals surface area contributed by atoms with Crippen LogP contribution in [0.15, 0.2) is 18.2 Å². The Kier molecular flexibility index (Phi) is 2.89. The predicted molar refractivity (Wildman–Crippen MR) is 62.4 cm³/mol. The highest BCUT2D eigenvalue weighted by atomic mass is 19.1. The largest absolute Gasteiger partial charge is 0.496 e. The van der Waals surface area contributed by atoms with Crippen LogP contribution >= 0.6 is 0 Å². The van der Waals surface area contributed by atoms with Gasteiger partial charge in [-0.15, -0.1) is 0 Å². The molecule has 1 aromatic carbocycles. The van der Waals surface area contributed by atoms with Gasteiger partial charge < -0.3 is 10.5 Å². The van der Waals surface area contributed by atoms with E-state index in [2.05, 4.69) is 0 Å². The summed E-state index contributed by atoms with van der Waals surface area (Å²) in [6.07, 6.45) is 2.09. The molecule has 0 aromatic heterocycles. The maximum atomic E-state index is 13.1. The molecule has 0 bridgehead atoms. The van der Waals surface area contributed by atoms with Crippen molar-refractivity contribution in [1.29, 1.82) is 0 Å². The van der Waals surface area contributed by atoms with Crippen LogP contribution in [0.2, 0.25) is 0 Å². The topological polar surface area (TPSA) is 35.2 Å². The summed E-state index contributed by atoms with van der Waals surface area (Å²) in [6, 6.07) is 5.75. The molecule has 88 valence electrons. The van der Waals surface area contributed by atoms with Gasteiger partial charge in [0.2, 0.25) is 0 Å². The zero-order chi connectivity index (χ0) is 11.8. The zero-order valence-electron chi connectivity index (χ0n) is 9.79. The van der Waals surface area contributed by atoms with Crippen molar-refractivity contribution in [3.63, 3.8) is 0 Å². The van der Waals surface area contributed by atoms with Crippen molar-refractivity contribution < 1.29 is 9.13 Å². The second-order valence-corrected chi connectivity index (χ2v) is 4.56. The molecule has 1 saturated carbocycles. The highest BCUT2D eigenvalue weighted by Crippen LogP contribution is 2.52. The molecule has 0 spiro atoms. The van der Waals surface area contributed by atoms with Crippen molar-refractivity contribution in [1.82, 2.24) is 0 Å². The fraction of sp³-hybridized carbons (Fsp3) is 0.538. The normalized spacial score (nSPS) is 19.2. The average molecular weight is 223 g/mol. The standard InChI is InChI=1S/C13H18FNO/c1-9(15)13(6-7-13)11-4-3-5-12(16-2)10(11)8-14/h3-5,9H,6-8,15H2,1-2H3. The minimum absolute atomic E-state index is 0.0179. The van der Waals surface area contributed by atoms with E-state index in [1.54, 1.807) is 13.2 Å². The summed E-state index contributed by atoms with van der Waals surface area (Å²) in [4.78, 5) is 0. The molecule has 0 aliphatic heterocycles. The lowest BCUT2D eigenvalue weighted by Gasteiger charge is -2.23. The van der Waals surface area contributed by atoms with Crippen LogP contribution < -0.4 is 10.5 Å². The molecule has 3 heteroatoms. The molecule has 0 amide bonds. The molecule has 0 heterocycles. The minimum Gasteiger partial charge on any atom is -0.496 e. The smallest absolute Gasteiger partial charge is 0.124 e. The van der Waals surface area contributed by atoms with Crippen LogP contribution in [0.25, 0.3) is 0 Å². The number of halogens is 1.